The van der Waals surface area contributed by atoms with Crippen molar-refractivity contribution in [2.24, 2.45) is 0 Å². The van der Waals surface area contributed by atoms with Gasteiger partial charge < -0.3 is 0 Å². The highest BCUT2D eigenvalue weighted by atomic mass is 79.9. The van der Waals surface area contributed by atoms with Crippen LogP contribution in [0.4, 0.5) is 0 Å². The van der Waals surface area contributed by atoms with Crippen molar-refractivity contribution in [2.75, 3.05) is 0 Å². The highest BCUT2D eigenvalue weighted by Crippen LogP contribution is 2.15. The predicted molar refractivity (Wildman–Crippen MR) is 43.5 cm³/mol. The fraction of sp³-hybridized carbons (Fsp3) is 0.250. The zero-order valence-corrected chi connectivity index (χ0v) is 5.96. The third kappa shape index (κ3) is 1.55. The monoisotopic (exact) mass is 193 g/mol. The smallest absolute Gasteiger partial charge is 0.0619 e. The lowest BCUT2D eigenvalue weighted by atomic mass is 10.2. The average molecular weight is 194 g/mol. The van der Waals surface area contributed by atoms with Crippen molar-refractivity contribution in [3.8, 4) is 0 Å². The van der Waals surface area contributed by atoms with E-state index in [1.807, 2.05) is 0 Å². The summed E-state index contributed by atoms with van der Waals surface area (Å²) in [6, 6.07) is -2.40. The first kappa shape index (κ1) is 1.65. The van der Waals surface area contributed by atoms with E-state index >= 15 is 0 Å². The second-order valence-electron chi connectivity index (χ2n) is 1.31. The molecule has 0 heterocycles. The van der Waals surface area contributed by atoms with Gasteiger partial charge in [-0.15, -0.1) is 0 Å². The molecule has 0 bridgehead atoms. The van der Waals surface area contributed by atoms with Crippen LogP contribution in [0.25, 0.3) is 0 Å². The van der Waals surface area contributed by atoms with Gasteiger partial charge in [0.15, 0.2) is 0 Å². The number of hydrogen-bond donors (Lipinski definition) is 0. The van der Waals surface area contributed by atoms with Crippen molar-refractivity contribution in [3.63, 3.8) is 0 Å². The van der Waals surface area contributed by atoms with Gasteiger partial charge in [-0.25, -0.2) is 0 Å². The molecule has 0 unspecified atom stereocenters. The Labute approximate surface area is 76.7 Å². The highest BCUT2D eigenvalue weighted by molar-refractivity contribution is 9.10. The minimum absolute atomic E-state index is 0.269. The molecule has 0 amide bonds. The summed E-state index contributed by atoms with van der Waals surface area (Å²) >= 11 is 2.84. The van der Waals surface area contributed by atoms with Crippen LogP contribution in [-0.2, 0) is 6.37 Å². The molecule has 0 N–H and O–H groups in total. The lowest BCUT2D eigenvalue weighted by Gasteiger charge is -1.96. The van der Waals surface area contributed by atoms with Crippen LogP contribution in [0.5, 0.6) is 0 Å². The van der Waals surface area contributed by atoms with Crippen molar-refractivity contribution in [3.05, 3.63) is 34.2 Å². The second-order valence-corrected chi connectivity index (χ2v) is 2.11. The number of hydrogen-bond acceptors (Lipinski definition) is 0. The molecule has 1 rings (SSSR count). The Morgan fingerprint density at radius 3 is 3.33 bits per heavy atom. The van der Waals surface area contributed by atoms with Gasteiger partial charge in [0.25, 0.3) is 0 Å². The van der Waals surface area contributed by atoms with Gasteiger partial charge in [0.05, 0.1) is 5.48 Å². The van der Waals surface area contributed by atoms with Gasteiger partial charge in [-0.3, -0.25) is 0 Å². The quantitative estimate of drug-likeness (QED) is 0.644. The molecule has 0 nitrogen and oxygen atoms in total. The number of halogens is 1. The maximum Gasteiger partial charge on any atom is 0.0635 e. The summed E-state index contributed by atoms with van der Waals surface area (Å²) in [6.45, 7) is -3.03. The van der Waals surface area contributed by atoms with Crippen LogP contribution in [0.15, 0.2) is 28.6 Å². The van der Waals surface area contributed by atoms with Gasteiger partial charge in [0.2, 0.25) is 0 Å². The van der Waals surface area contributed by atoms with Crippen molar-refractivity contribution in [1.82, 2.24) is 0 Å². The lowest BCUT2D eigenvalue weighted by Crippen LogP contribution is -1.78. The van der Waals surface area contributed by atoms with E-state index in [-0.39, 0.29) is 4.47 Å². The van der Waals surface area contributed by atoms with Gasteiger partial charge >= 0.3 is 0 Å². The number of benzene rings is 1. The Hall–Kier alpha value is -0.300. The summed E-state index contributed by atoms with van der Waals surface area (Å²) in [5.74, 6) is 0. The van der Waals surface area contributed by atoms with Gasteiger partial charge in [0, 0.05) is 11.3 Å². The van der Waals surface area contributed by atoms with E-state index < -0.39 is 43.0 Å². The van der Waals surface area contributed by atoms with E-state index in [0.29, 0.717) is 0 Å². The molecule has 0 saturated heterocycles. The molecule has 48 valence electrons. The molecule has 0 fully saturated rings. The molecule has 1 heteroatoms. The van der Waals surface area contributed by atoms with Crippen LogP contribution < -0.4 is 0 Å². The van der Waals surface area contributed by atoms with E-state index in [2.05, 4.69) is 15.9 Å². The molecule has 9 heavy (non-hydrogen) atoms. The molecule has 0 aliphatic heterocycles. The van der Waals surface area contributed by atoms with E-state index in [4.69, 9.17) is 12.3 Å². The van der Waals surface area contributed by atoms with Gasteiger partial charge in [-0.1, -0.05) is 40.9 Å². The largest absolute Gasteiger partial charge is 0.0635 e. The summed E-state index contributed by atoms with van der Waals surface area (Å²) in [6.07, 6.45) is -2.87. The van der Waals surface area contributed by atoms with Crippen molar-refractivity contribution < 1.29 is 12.3 Å². The van der Waals surface area contributed by atoms with Crippen molar-refractivity contribution in [1.29, 1.82) is 0 Å². The van der Waals surface area contributed by atoms with E-state index in [9.17, 15) is 0 Å². The molecule has 0 aliphatic rings. The van der Waals surface area contributed by atoms with Crippen molar-refractivity contribution >= 4 is 15.9 Å². The predicted octanol–water partition coefficient (Wildman–Crippen LogP) is 3.01. The Morgan fingerprint density at radius 2 is 2.56 bits per heavy atom. The standard InChI is InChI=1S/C8H9Br/c1-2-7-5-3-4-6-8(7)9/h3-6H,2H2,1H3/i1D3,2D2,3D,4D,5D,6D. The minimum atomic E-state index is -3.03. The second kappa shape index (κ2) is 3.02. The van der Waals surface area contributed by atoms with Crippen LogP contribution in [0.3, 0.4) is 0 Å². The first-order valence-corrected chi connectivity index (χ1v) is 2.98. The Balaban J connectivity index is 3.72. The van der Waals surface area contributed by atoms with Crippen LogP contribution >= 0.6 is 15.9 Å². The van der Waals surface area contributed by atoms with Crippen molar-refractivity contribution in [2.45, 2.75) is 13.2 Å². The topological polar surface area (TPSA) is 0 Å². The van der Waals surface area contributed by atoms with Gasteiger partial charge in [-0.05, 0) is 18.0 Å². The maximum absolute atomic E-state index is 7.60. The van der Waals surface area contributed by atoms with E-state index in [0.717, 1.165) is 0 Å². The summed E-state index contributed by atoms with van der Waals surface area (Å²) in [7, 11) is 0. The summed E-state index contributed by atoms with van der Waals surface area (Å²) in [5.41, 5.74) is -0.589. The average Bonchev–Trinajstić information content (AvgIpc) is 2.22. The third-order valence-electron chi connectivity index (χ3n) is 0.767. The van der Waals surface area contributed by atoms with Crippen LogP contribution in [-0.4, -0.2) is 0 Å². The molecule has 1 aromatic rings. The maximum atomic E-state index is 7.60. The lowest BCUT2D eigenvalue weighted by molar-refractivity contribution is 1.13. The Morgan fingerprint density at radius 1 is 1.78 bits per heavy atom. The highest BCUT2D eigenvalue weighted by Gasteiger charge is 1.91. The molecule has 0 radical (unpaired) electrons. The molecular formula is C8H9Br. The van der Waals surface area contributed by atoms with Crippen LogP contribution in [0.2, 0.25) is 0 Å². The van der Waals surface area contributed by atoms with Gasteiger partial charge in [0.1, 0.15) is 0 Å². The molecule has 0 spiro atoms. The SMILES string of the molecule is [2H]c1c([2H])c([2H])c(C([2H])([2H])C([2H])([2H])[2H])c(Br)c1[2H]. The first-order valence-electron chi connectivity index (χ1n) is 6.69. The molecule has 0 atom stereocenters. The Kier molecular flexibility index (Phi) is 0.552. The molecule has 0 saturated carbocycles. The summed E-state index contributed by atoms with van der Waals surface area (Å²) in [4.78, 5) is 0. The summed E-state index contributed by atoms with van der Waals surface area (Å²) in [5, 5.41) is 0. The Bertz CT molecular complexity index is 461. The van der Waals surface area contributed by atoms with E-state index in [1.165, 1.54) is 0 Å². The molecule has 1 aromatic carbocycles. The van der Waals surface area contributed by atoms with Crippen LogP contribution in [0.1, 0.15) is 24.8 Å². The minimum Gasteiger partial charge on any atom is -0.0619 e. The number of rotatable bonds is 1. The van der Waals surface area contributed by atoms with Crippen LogP contribution in [0, 0.1) is 0 Å². The zero-order valence-electron chi connectivity index (χ0n) is 13.4. The zero-order chi connectivity index (χ0) is 14.5. The summed E-state index contributed by atoms with van der Waals surface area (Å²) < 4.78 is 66.3. The fourth-order valence-corrected chi connectivity index (χ4v) is 0.681. The third-order valence-corrected chi connectivity index (χ3v) is 1.36. The van der Waals surface area contributed by atoms with E-state index in [1.54, 1.807) is 0 Å². The molecule has 0 aliphatic carbocycles. The molecular weight excluding hydrogens is 176 g/mol. The fourth-order valence-electron chi connectivity index (χ4n) is 0.383. The normalized spacial score (nSPS) is 27.0. The first-order chi connectivity index (χ1) is 7.93. The van der Waals surface area contributed by atoms with Gasteiger partial charge in [-0.2, -0.15) is 0 Å². The molecule has 0 aromatic heterocycles.